The molecule has 2 aromatic carbocycles. The molecule has 2 aromatic heterocycles. The van der Waals surface area contributed by atoms with Crippen LogP contribution >= 0.6 is 11.3 Å². The second kappa shape index (κ2) is 7.55. The summed E-state index contributed by atoms with van der Waals surface area (Å²) in [5.74, 6) is 0.172. The van der Waals surface area contributed by atoms with E-state index in [2.05, 4.69) is 15.3 Å². The maximum Gasteiger partial charge on any atom is 0.257 e. The zero-order valence-electron chi connectivity index (χ0n) is 14.7. The van der Waals surface area contributed by atoms with Gasteiger partial charge >= 0.3 is 0 Å². The summed E-state index contributed by atoms with van der Waals surface area (Å²) in [4.78, 5) is 21.3. The zero-order chi connectivity index (χ0) is 18.6. The second-order valence-electron chi connectivity index (χ2n) is 6.05. The van der Waals surface area contributed by atoms with Gasteiger partial charge in [-0.25, -0.2) is 9.97 Å². The molecule has 1 N–H and O–H groups in total. The number of thiazole rings is 1. The van der Waals surface area contributed by atoms with Crippen LogP contribution in [-0.4, -0.2) is 15.9 Å². The number of para-hydroxylation sites is 1. The molecule has 5 nitrogen and oxygen atoms in total. The number of hydrogen-bond donors (Lipinski definition) is 1. The summed E-state index contributed by atoms with van der Waals surface area (Å²) in [5, 5.41) is 3.44. The van der Waals surface area contributed by atoms with Gasteiger partial charge in [0, 0.05) is 17.8 Å². The maximum absolute atomic E-state index is 12.6. The number of benzene rings is 2. The molecule has 0 aliphatic rings. The number of ether oxygens (including phenoxy) is 1. The van der Waals surface area contributed by atoms with E-state index in [9.17, 15) is 4.79 Å². The molecule has 0 saturated carbocycles. The van der Waals surface area contributed by atoms with Crippen LogP contribution < -0.4 is 10.1 Å². The number of pyridine rings is 1. The van der Waals surface area contributed by atoms with Crippen LogP contribution in [0.5, 0.6) is 5.88 Å². The summed E-state index contributed by atoms with van der Waals surface area (Å²) in [6.07, 6.45) is 1.57. The van der Waals surface area contributed by atoms with Crippen LogP contribution in [0.4, 0.5) is 5.13 Å². The first-order chi connectivity index (χ1) is 13.2. The van der Waals surface area contributed by atoms with Crippen LogP contribution in [0.1, 0.15) is 21.5 Å². The Bertz CT molecular complexity index is 1090. The van der Waals surface area contributed by atoms with Gasteiger partial charge in [0.05, 0.1) is 10.2 Å². The number of amides is 1. The Balaban J connectivity index is 1.47. The molecule has 2 heterocycles. The zero-order valence-corrected chi connectivity index (χ0v) is 15.5. The quantitative estimate of drug-likeness (QED) is 0.543. The molecular formula is C21H17N3O2S. The lowest BCUT2D eigenvalue weighted by Gasteiger charge is -2.07. The highest BCUT2D eigenvalue weighted by Crippen LogP contribution is 2.28. The summed E-state index contributed by atoms with van der Waals surface area (Å²) >= 11 is 1.46. The fraction of sp³-hybridized carbons (Fsp3) is 0.0952. The van der Waals surface area contributed by atoms with Gasteiger partial charge in [-0.15, -0.1) is 0 Å². The number of carbonyl (C=O) groups is 1. The predicted molar refractivity (Wildman–Crippen MR) is 107 cm³/mol. The van der Waals surface area contributed by atoms with Crippen molar-refractivity contribution < 1.29 is 9.53 Å². The minimum atomic E-state index is -0.237. The smallest absolute Gasteiger partial charge is 0.257 e. The highest BCUT2D eigenvalue weighted by molar-refractivity contribution is 7.22. The third-order valence-electron chi connectivity index (χ3n) is 4.07. The van der Waals surface area contributed by atoms with Gasteiger partial charge in [-0.05, 0) is 30.2 Å². The van der Waals surface area contributed by atoms with E-state index in [0.29, 0.717) is 23.2 Å². The van der Waals surface area contributed by atoms with Gasteiger partial charge in [-0.2, -0.15) is 0 Å². The van der Waals surface area contributed by atoms with Crippen molar-refractivity contribution in [2.45, 2.75) is 13.5 Å². The fourth-order valence-corrected chi connectivity index (χ4v) is 3.61. The minimum Gasteiger partial charge on any atom is -0.473 e. The number of rotatable bonds is 5. The van der Waals surface area contributed by atoms with Crippen molar-refractivity contribution in [2.75, 3.05) is 5.32 Å². The van der Waals surface area contributed by atoms with E-state index in [1.165, 1.54) is 11.3 Å². The lowest BCUT2D eigenvalue weighted by Crippen LogP contribution is -2.12. The molecule has 0 spiro atoms. The molecule has 0 bridgehead atoms. The van der Waals surface area contributed by atoms with Gasteiger partial charge in [0.2, 0.25) is 5.88 Å². The molecule has 0 unspecified atom stereocenters. The summed E-state index contributed by atoms with van der Waals surface area (Å²) in [5.41, 5.74) is 3.52. The van der Waals surface area contributed by atoms with Crippen LogP contribution in [0.25, 0.3) is 10.2 Å². The fourth-order valence-electron chi connectivity index (χ4n) is 2.67. The van der Waals surface area contributed by atoms with Gasteiger partial charge < -0.3 is 4.74 Å². The maximum atomic E-state index is 12.6. The molecular weight excluding hydrogens is 358 g/mol. The first-order valence-corrected chi connectivity index (χ1v) is 9.31. The highest BCUT2D eigenvalue weighted by Gasteiger charge is 2.12. The van der Waals surface area contributed by atoms with Crippen molar-refractivity contribution in [1.82, 2.24) is 9.97 Å². The Morgan fingerprint density at radius 3 is 2.78 bits per heavy atom. The first kappa shape index (κ1) is 17.2. The van der Waals surface area contributed by atoms with Crippen molar-refractivity contribution in [1.29, 1.82) is 0 Å². The van der Waals surface area contributed by atoms with Crippen molar-refractivity contribution in [3.63, 3.8) is 0 Å². The Labute approximate surface area is 160 Å². The molecule has 0 aliphatic carbocycles. The molecule has 0 atom stereocenters. The van der Waals surface area contributed by atoms with Crippen molar-refractivity contribution >= 4 is 32.6 Å². The first-order valence-electron chi connectivity index (χ1n) is 8.49. The minimum absolute atomic E-state index is 0.237. The largest absolute Gasteiger partial charge is 0.473 e. The number of carbonyl (C=O) groups excluding carboxylic acids is 1. The average molecular weight is 375 g/mol. The molecule has 0 saturated heterocycles. The van der Waals surface area contributed by atoms with Gasteiger partial charge in [0.15, 0.2) is 5.13 Å². The number of anilines is 1. The third-order valence-corrected chi connectivity index (χ3v) is 5.00. The van der Waals surface area contributed by atoms with Crippen molar-refractivity contribution in [3.05, 3.63) is 83.6 Å². The lowest BCUT2D eigenvalue weighted by atomic mass is 10.2. The summed E-state index contributed by atoms with van der Waals surface area (Å²) in [6.45, 7) is 2.41. The molecule has 0 aliphatic heterocycles. The Morgan fingerprint density at radius 1 is 1.11 bits per heavy atom. The molecule has 6 heteroatoms. The number of aryl methyl sites for hydroxylation is 1. The Kier molecular flexibility index (Phi) is 4.80. The van der Waals surface area contributed by atoms with E-state index in [0.717, 1.165) is 21.3 Å². The molecule has 27 heavy (non-hydrogen) atoms. The topological polar surface area (TPSA) is 64.1 Å². The van der Waals surface area contributed by atoms with Gasteiger partial charge in [-0.1, -0.05) is 53.8 Å². The van der Waals surface area contributed by atoms with Crippen LogP contribution in [0.3, 0.4) is 0 Å². The summed E-state index contributed by atoms with van der Waals surface area (Å²) in [6, 6.07) is 19.1. The molecule has 0 radical (unpaired) electrons. The van der Waals surface area contributed by atoms with E-state index in [1.54, 1.807) is 18.3 Å². The van der Waals surface area contributed by atoms with E-state index in [-0.39, 0.29) is 5.91 Å². The monoisotopic (exact) mass is 375 g/mol. The predicted octanol–water partition coefficient (Wildman–Crippen LogP) is 4.83. The third kappa shape index (κ3) is 3.96. The van der Waals surface area contributed by atoms with E-state index in [4.69, 9.17) is 4.74 Å². The van der Waals surface area contributed by atoms with E-state index in [1.807, 2.05) is 55.5 Å². The highest BCUT2D eigenvalue weighted by atomic mass is 32.1. The number of nitrogens with one attached hydrogen (secondary N) is 1. The number of fused-ring (bicyclic) bond motifs is 1. The second-order valence-corrected chi connectivity index (χ2v) is 7.08. The van der Waals surface area contributed by atoms with Crippen LogP contribution in [0.2, 0.25) is 0 Å². The number of aromatic nitrogens is 2. The molecule has 0 fully saturated rings. The summed E-state index contributed by atoms with van der Waals surface area (Å²) < 4.78 is 6.74. The SMILES string of the molecule is Cc1cccc2sc(NC(=O)c3ccnc(OCc4ccccc4)c3)nc12. The van der Waals surface area contributed by atoms with Gasteiger partial charge in [0.1, 0.15) is 6.61 Å². The standard InChI is InChI=1S/C21H17N3O2S/c1-14-6-5-9-17-19(14)23-21(27-17)24-20(25)16-10-11-22-18(12-16)26-13-15-7-3-2-4-8-15/h2-12H,13H2,1H3,(H,23,24,25). The van der Waals surface area contributed by atoms with Crippen molar-refractivity contribution in [3.8, 4) is 5.88 Å². The lowest BCUT2D eigenvalue weighted by molar-refractivity contribution is 0.102. The number of nitrogens with zero attached hydrogens (tertiary/aromatic N) is 2. The van der Waals surface area contributed by atoms with Crippen LogP contribution in [0.15, 0.2) is 66.9 Å². The average Bonchev–Trinajstić information content (AvgIpc) is 3.11. The Morgan fingerprint density at radius 2 is 1.96 bits per heavy atom. The van der Waals surface area contributed by atoms with Crippen LogP contribution in [0, 0.1) is 6.92 Å². The van der Waals surface area contributed by atoms with Crippen LogP contribution in [-0.2, 0) is 6.61 Å². The van der Waals surface area contributed by atoms with Crippen molar-refractivity contribution in [2.24, 2.45) is 0 Å². The normalized spacial score (nSPS) is 10.7. The summed E-state index contributed by atoms with van der Waals surface area (Å²) in [7, 11) is 0. The van der Waals surface area contributed by atoms with Gasteiger partial charge in [-0.3, -0.25) is 10.1 Å². The van der Waals surface area contributed by atoms with Gasteiger partial charge in [0.25, 0.3) is 5.91 Å². The van der Waals surface area contributed by atoms with E-state index >= 15 is 0 Å². The molecule has 134 valence electrons. The molecule has 4 rings (SSSR count). The molecule has 4 aromatic rings. The van der Waals surface area contributed by atoms with E-state index < -0.39 is 0 Å². The molecule has 1 amide bonds. The Hall–Kier alpha value is -3.25. The number of hydrogen-bond acceptors (Lipinski definition) is 5.